The number of halogens is 1. The maximum absolute atomic E-state index is 13.4. The summed E-state index contributed by atoms with van der Waals surface area (Å²) in [5.74, 6) is 0.553. The van der Waals surface area contributed by atoms with Crippen molar-refractivity contribution in [2.24, 2.45) is 5.92 Å². The van der Waals surface area contributed by atoms with E-state index in [4.69, 9.17) is 0 Å². The number of hydrogen-bond acceptors (Lipinski definition) is 4. The minimum atomic E-state index is -0.213. The molecule has 1 amide bonds. The van der Waals surface area contributed by atoms with Crippen LogP contribution in [0.2, 0.25) is 0 Å². The molecular weight excluding hydrogens is 321 g/mol. The van der Waals surface area contributed by atoms with Crippen LogP contribution in [0.1, 0.15) is 24.8 Å². The molecule has 7 heteroatoms. The molecule has 0 bridgehead atoms. The zero-order chi connectivity index (χ0) is 17.2. The maximum Gasteiger partial charge on any atom is 0.233 e. The van der Waals surface area contributed by atoms with Crippen molar-refractivity contribution in [2.75, 3.05) is 24.5 Å². The van der Waals surface area contributed by atoms with E-state index < -0.39 is 0 Å². The number of benzene rings is 1. The Morgan fingerprint density at radius 2 is 2.16 bits per heavy atom. The molecule has 1 aromatic heterocycles. The highest BCUT2D eigenvalue weighted by molar-refractivity contribution is 5.93. The number of anilines is 1. The molecule has 25 heavy (non-hydrogen) atoms. The minimum Gasteiger partial charge on any atom is -0.298 e. The van der Waals surface area contributed by atoms with E-state index >= 15 is 0 Å². The largest absolute Gasteiger partial charge is 0.298 e. The van der Waals surface area contributed by atoms with Crippen molar-refractivity contribution in [3.05, 3.63) is 42.0 Å². The molecule has 0 unspecified atom stereocenters. The number of fused-ring (bicyclic) bond motifs is 1. The Balaban J connectivity index is 1.44. The topological polar surface area (TPSA) is 54.3 Å². The monoisotopic (exact) mass is 343 g/mol. The number of rotatable bonds is 3. The van der Waals surface area contributed by atoms with Gasteiger partial charge in [-0.1, -0.05) is 12.1 Å². The number of carbonyl (C=O) groups excluding carboxylic acids is 1. The van der Waals surface area contributed by atoms with Crippen LogP contribution < -0.4 is 4.90 Å². The van der Waals surface area contributed by atoms with Crippen LogP contribution in [0.15, 0.2) is 30.6 Å². The molecule has 1 fully saturated rings. The molecule has 1 aromatic carbocycles. The molecule has 1 saturated heterocycles. The quantitative estimate of drug-likeness (QED) is 0.856. The van der Waals surface area contributed by atoms with E-state index in [1.807, 2.05) is 6.07 Å². The van der Waals surface area contributed by atoms with Gasteiger partial charge in [0.1, 0.15) is 12.1 Å². The van der Waals surface area contributed by atoms with Crippen LogP contribution in [-0.4, -0.2) is 45.2 Å². The molecule has 2 aliphatic heterocycles. The molecule has 2 aliphatic rings. The lowest BCUT2D eigenvalue weighted by atomic mass is 9.96. The number of nitrogens with zero attached hydrogens (tertiary/aromatic N) is 5. The van der Waals surface area contributed by atoms with Crippen molar-refractivity contribution >= 4 is 11.9 Å². The summed E-state index contributed by atoms with van der Waals surface area (Å²) >= 11 is 0. The van der Waals surface area contributed by atoms with Crippen molar-refractivity contribution in [3.8, 4) is 0 Å². The highest BCUT2D eigenvalue weighted by atomic mass is 19.1. The van der Waals surface area contributed by atoms with Crippen LogP contribution in [0.3, 0.4) is 0 Å². The number of aryl methyl sites for hydroxylation is 1. The van der Waals surface area contributed by atoms with Gasteiger partial charge in [-0.05, 0) is 43.5 Å². The summed E-state index contributed by atoms with van der Waals surface area (Å²) in [6, 6.07) is 6.69. The Morgan fingerprint density at radius 1 is 1.24 bits per heavy atom. The number of piperidine rings is 1. The highest BCUT2D eigenvalue weighted by Crippen LogP contribution is 2.25. The van der Waals surface area contributed by atoms with Gasteiger partial charge in [-0.25, -0.2) is 9.07 Å². The number of hydrogen-bond donors (Lipinski definition) is 0. The van der Waals surface area contributed by atoms with E-state index in [0.717, 1.165) is 37.9 Å². The van der Waals surface area contributed by atoms with E-state index in [1.54, 1.807) is 21.7 Å². The SMILES string of the molecule is O=C([C@H]1CCCN(Cc2cccc(F)c2)C1)N1CCCn2ncnc21. The molecule has 0 N–H and O–H groups in total. The summed E-state index contributed by atoms with van der Waals surface area (Å²) in [6.07, 6.45) is 4.29. The zero-order valence-corrected chi connectivity index (χ0v) is 14.1. The number of likely N-dealkylation sites (tertiary alicyclic amines) is 1. The lowest BCUT2D eigenvalue weighted by Gasteiger charge is -2.35. The average Bonchev–Trinajstić information content (AvgIpc) is 3.10. The van der Waals surface area contributed by atoms with Gasteiger partial charge < -0.3 is 0 Å². The van der Waals surface area contributed by atoms with Gasteiger partial charge in [-0.15, -0.1) is 0 Å². The maximum atomic E-state index is 13.4. The van der Waals surface area contributed by atoms with Crippen LogP contribution >= 0.6 is 0 Å². The molecule has 0 aliphatic carbocycles. The molecule has 2 aromatic rings. The fourth-order valence-electron chi connectivity index (χ4n) is 3.83. The van der Waals surface area contributed by atoms with Crippen molar-refractivity contribution in [3.63, 3.8) is 0 Å². The Kier molecular flexibility index (Phi) is 4.48. The fourth-order valence-corrected chi connectivity index (χ4v) is 3.83. The minimum absolute atomic E-state index is 0.0365. The summed E-state index contributed by atoms with van der Waals surface area (Å²) in [7, 11) is 0. The second-order valence-electron chi connectivity index (χ2n) is 6.83. The molecule has 3 heterocycles. The van der Waals surface area contributed by atoms with E-state index in [2.05, 4.69) is 15.0 Å². The Hall–Kier alpha value is -2.28. The van der Waals surface area contributed by atoms with Crippen molar-refractivity contribution in [1.29, 1.82) is 0 Å². The van der Waals surface area contributed by atoms with Crippen LogP contribution in [0.5, 0.6) is 0 Å². The van der Waals surface area contributed by atoms with Gasteiger partial charge in [-0.2, -0.15) is 10.1 Å². The fraction of sp³-hybridized carbons (Fsp3) is 0.500. The first-order valence-corrected chi connectivity index (χ1v) is 8.87. The lowest BCUT2D eigenvalue weighted by Crippen LogP contribution is -2.47. The molecule has 6 nitrogen and oxygen atoms in total. The molecule has 4 rings (SSSR count). The number of aromatic nitrogens is 3. The first kappa shape index (κ1) is 16.2. The Labute approximate surface area is 146 Å². The molecule has 0 saturated carbocycles. The second kappa shape index (κ2) is 6.92. The van der Waals surface area contributed by atoms with Crippen molar-refractivity contribution in [1.82, 2.24) is 19.7 Å². The molecule has 0 spiro atoms. The first-order valence-electron chi connectivity index (χ1n) is 8.87. The zero-order valence-electron chi connectivity index (χ0n) is 14.1. The summed E-state index contributed by atoms with van der Waals surface area (Å²) in [4.78, 5) is 21.3. The average molecular weight is 343 g/mol. The first-order chi connectivity index (χ1) is 12.2. The van der Waals surface area contributed by atoms with Crippen molar-refractivity contribution in [2.45, 2.75) is 32.4 Å². The summed E-state index contributed by atoms with van der Waals surface area (Å²) < 4.78 is 15.2. The third-order valence-corrected chi connectivity index (χ3v) is 5.00. The third kappa shape index (κ3) is 3.42. The van der Waals surface area contributed by atoms with Gasteiger partial charge >= 0.3 is 0 Å². The molecule has 1 atom stereocenters. The van der Waals surface area contributed by atoms with Gasteiger partial charge in [0.25, 0.3) is 0 Å². The molecular formula is C18H22FN5O. The van der Waals surface area contributed by atoms with E-state index in [0.29, 0.717) is 25.6 Å². The second-order valence-corrected chi connectivity index (χ2v) is 6.83. The van der Waals surface area contributed by atoms with Crippen molar-refractivity contribution < 1.29 is 9.18 Å². The predicted octanol–water partition coefficient (Wildman–Crippen LogP) is 2.07. The lowest BCUT2D eigenvalue weighted by molar-refractivity contribution is -0.124. The van der Waals surface area contributed by atoms with Crippen LogP contribution in [0.4, 0.5) is 10.3 Å². The van der Waals surface area contributed by atoms with Crippen LogP contribution in [0.25, 0.3) is 0 Å². The van der Waals surface area contributed by atoms with Crippen LogP contribution in [0, 0.1) is 11.7 Å². The van der Waals surface area contributed by atoms with Crippen LogP contribution in [-0.2, 0) is 17.9 Å². The smallest absolute Gasteiger partial charge is 0.233 e. The number of carbonyl (C=O) groups is 1. The van der Waals surface area contributed by atoms with Gasteiger partial charge in [-0.3, -0.25) is 14.6 Å². The molecule has 0 radical (unpaired) electrons. The summed E-state index contributed by atoms with van der Waals surface area (Å²) in [5.41, 5.74) is 0.950. The van der Waals surface area contributed by atoms with E-state index in [1.165, 1.54) is 12.4 Å². The molecule has 132 valence electrons. The normalized spacial score (nSPS) is 21.2. The summed E-state index contributed by atoms with van der Waals surface area (Å²) in [5, 5.41) is 4.18. The van der Waals surface area contributed by atoms with E-state index in [-0.39, 0.29) is 17.6 Å². The number of amides is 1. The van der Waals surface area contributed by atoms with Gasteiger partial charge in [0.15, 0.2) is 0 Å². The third-order valence-electron chi connectivity index (χ3n) is 5.00. The summed E-state index contributed by atoms with van der Waals surface area (Å²) in [6.45, 7) is 3.85. The van der Waals surface area contributed by atoms with Gasteiger partial charge in [0.2, 0.25) is 11.9 Å². The highest BCUT2D eigenvalue weighted by Gasteiger charge is 2.33. The predicted molar refractivity (Wildman–Crippen MR) is 91.4 cm³/mol. The van der Waals surface area contributed by atoms with Gasteiger partial charge in [0.05, 0.1) is 5.92 Å². The standard InChI is InChI=1S/C18H22FN5O/c19-16-6-1-4-14(10-16)11-22-7-2-5-15(12-22)17(25)23-8-3-9-24-18(23)20-13-21-24/h1,4,6,10,13,15H,2-3,5,7-9,11-12H2/t15-/m0/s1. The van der Waals surface area contributed by atoms with Gasteiger partial charge in [0, 0.05) is 26.2 Å². The Bertz CT molecular complexity index is 761. The van der Waals surface area contributed by atoms with E-state index in [9.17, 15) is 9.18 Å². The Morgan fingerprint density at radius 3 is 3.04 bits per heavy atom.